The second-order valence-corrected chi connectivity index (χ2v) is 18.7. The summed E-state index contributed by atoms with van der Waals surface area (Å²) in [7, 11) is 0. The lowest BCUT2D eigenvalue weighted by Crippen LogP contribution is -2.02. The number of para-hydroxylation sites is 4. The molecule has 0 aliphatic rings. The van der Waals surface area contributed by atoms with Gasteiger partial charge in [-0.25, -0.2) is 9.97 Å². The van der Waals surface area contributed by atoms with E-state index in [0.29, 0.717) is 5.82 Å². The van der Waals surface area contributed by atoms with Gasteiger partial charge in [0.25, 0.3) is 0 Å². The third-order valence-corrected chi connectivity index (χ3v) is 15.2. The van der Waals surface area contributed by atoms with Gasteiger partial charge in [0.2, 0.25) is 0 Å². The summed E-state index contributed by atoms with van der Waals surface area (Å²) >= 11 is 3.67. The first-order valence-electron chi connectivity index (χ1n) is 21.6. The van der Waals surface area contributed by atoms with Gasteiger partial charge < -0.3 is 9.13 Å². The van der Waals surface area contributed by atoms with Crippen LogP contribution in [0.1, 0.15) is 0 Å². The molecule has 0 amide bonds. The van der Waals surface area contributed by atoms with Crippen LogP contribution in [-0.4, -0.2) is 19.1 Å². The largest absolute Gasteiger partial charge is 0.309 e. The fourth-order valence-electron chi connectivity index (χ4n) is 10.0. The molecule has 298 valence electrons. The molecule has 0 bridgehead atoms. The van der Waals surface area contributed by atoms with E-state index in [1.165, 1.54) is 61.9 Å². The lowest BCUT2D eigenvalue weighted by molar-refractivity contribution is 1.12. The van der Waals surface area contributed by atoms with Crippen LogP contribution < -0.4 is 0 Å². The number of aromatic nitrogens is 4. The molecular weight excluding hydrogens is 817 g/mol. The predicted molar refractivity (Wildman–Crippen MR) is 273 cm³/mol. The third kappa shape index (κ3) is 5.40. The molecule has 14 aromatic rings. The maximum Gasteiger partial charge on any atom is 0.160 e. The van der Waals surface area contributed by atoms with Gasteiger partial charge in [0.1, 0.15) is 0 Å². The molecule has 0 atom stereocenters. The zero-order valence-corrected chi connectivity index (χ0v) is 35.9. The first kappa shape index (κ1) is 35.7. The number of benzene rings is 9. The van der Waals surface area contributed by atoms with Crippen molar-refractivity contribution in [2.75, 3.05) is 0 Å². The summed E-state index contributed by atoms with van der Waals surface area (Å²) in [5.41, 5.74) is 11.5. The average molecular weight is 851 g/mol. The number of hydrogen-bond acceptors (Lipinski definition) is 4. The normalized spacial score (nSPS) is 12.1. The van der Waals surface area contributed by atoms with Gasteiger partial charge in [-0.1, -0.05) is 121 Å². The quantitative estimate of drug-likeness (QED) is 0.173. The average Bonchev–Trinajstić information content (AvgIpc) is 4.11. The van der Waals surface area contributed by atoms with Crippen LogP contribution in [0.2, 0.25) is 0 Å². The highest BCUT2D eigenvalue weighted by Crippen LogP contribution is 2.41. The van der Waals surface area contributed by atoms with Crippen molar-refractivity contribution in [3.8, 4) is 45.3 Å². The van der Waals surface area contributed by atoms with Gasteiger partial charge in [0.05, 0.1) is 33.5 Å². The molecule has 0 unspecified atom stereocenters. The van der Waals surface area contributed by atoms with Crippen LogP contribution in [0.3, 0.4) is 0 Å². The van der Waals surface area contributed by atoms with Crippen molar-refractivity contribution >= 4 is 107 Å². The van der Waals surface area contributed by atoms with E-state index >= 15 is 0 Å². The van der Waals surface area contributed by atoms with Gasteiger partial charge in [-0.05, 0) is 84.9 Å². The summed E-state index contributed by atoms with van der Waals surface area (Å²) < 4.78 is 9.92. The fraction of sp³-hybridized carbons (Fsp3) is 0. The fourth-order valence-corrected chi connectivity index (χ4v) is 12.2. The molecule has 14 rings (SSSR count). The van der Waals surface area contributed by atoms with Gasteiger partial charge in [0, 0.05) is 90.0 Å². The highest BCUT2D eigenvalue weighted by atomic mass is 32.1. The second-order valence-electron chi connectivity index (χ2n) is 16.6. The Labute approximate surface area is 375 Å². The number of fused-ring (bicyclic) bond motifs is 12. The van der Waals surface area contributed by atoms with E-state index in [1.807, 2.05) is 22.7 Å². The van der Waals surface area contributed by atoms with Crippen molar-refractivity contribution in [3.05, 3.63) is 206 Å². The Morgan fingerprint density at radius 1 is 0.281 bits per heavy atom. The Balaban J connectivity index is 1.07. The van der Waals surface area contributed by atoms with E-state index < -0.39 is 0 Å². The summed E-state index contributed by atoms with van der Waals surface area (Å²) in [5.74, 6) is 0.669. The molecule has 4 nitrogen and oxygen atoms in total. The van der Waals surface area contributed by atoms with Crippen molar-refractivity contribution < 1.29 is 0 Å². The first-order valence-corrected chi connectivity index (χ1v) is 23.2. The molecule has 0 aliphatic heterocycles. The van der Waals surface area contributed by atoms with Crippen molar-refractivity contribution in [2.24, 2.45) is 0 Å². The molecule has 0 radical (unpaired) electrons. The van der Waals surface area contributed by atoms with E-state index in [1.54, 1.807) is 0 Å². The lowest BCUT2D eigenvalue weighted by Gasteiger charge is -2.16. The van der Waals surface area contributed by atoms with E-state index in [4.69, 9.17) is 9.97 Å². The molecule has 0 saturated heterocycles. The van der Waals surface area contributed by atoms with Crippen LogP contribution in [-0.2, 0) is 0 Å². The van der Waals surface area contributed by atoms with Crippen LogP contribution in [0.25, 0.3) is 129 Å². The molecule has 5 heterocycles. The molecule has 64 heavy (non-hydrogen) atoms. The van der Waals surface area contributed by atoms with Gasteiger partial charge >= 0.3 is 0 Å². The molecule has 0 N–H and O–H groups in total. The Morgan fingerprint density at radius 3 is 1.06 bits per heavy atom. The summed E-state index contributed by atoms with van der Waals surface area (Å²) in [6.45, 7) is 0. The SMILES string of the molecule is c1ccc2c(c1)sc1ccc(-c3cc(-c4ccc5sc6ccccc6c5c4)nc(-c4cc(-n5c6ccccc6c6ccccc65)cc(-n5c6ccccc6c6ccccc65)c4)n3)cc12. The highest BCUT2D eigenvalue weighted by Gasteiger charge is 2.20. The molecule has 5 aromatic heterocycles. The number of rotatable bonds is 5. The molecule has 0 saturated carbocycles. The Morgan fingerprint density at radius 2 is 0.641 bits per heavy atom. The topological polar surface area (TPSA) is 35.6 Å². The summed E-state index contributed by atoms with van der Waals surface area (Å²) in [6.07, 6.45) is 0. The van der Waals surface area contributed by atoms with Crippen LogP contribution in [0.15, 0.2) is 206 Å². The van der Waals surface area contributed by atoms with Crippen molar-refractivity contribution in [1.82, 2.24) is 19.1 Å². The first-order chi connectivity index (χ1) is 31.7. The van der Waals surface area contributed by atoms with Crippen LogP contribution >= 0.6 is 22.7 Å². The molecule has 9 aromatic carbocycles. The zero-order valence-electron chi connectivity index (χ0n) is 34.2. The smallest absolute Gasteiger partial charge is 0.160 e. The van der Waals surface area contributed by atoms with Gasteiger partial charge in [-0.2, -0.15) is 0 Å². The minimum atomic E-state index is 0.669. The van der Waals surface area contributed by atoms with Crippen molar-refractivity contribution in [2.45, 2.75) is 0 Å². The minimum absolute atomic E-state index is 0.669. The Hall–Kier alpha value is -7.90. The summed E-state index contributed by atoms with van der Waals surface area (Å²) in [4.78, 5) is 11.1. The Bertz CT molecular complexity index is 3850. The predicted octanol–water partition coefficient (Wildman–Crippen LogP) is 16.4. The van der Waals surface area contributed by atoms with E-state index in [2.05, 4.69) is 215 Å². The third-order valence-electron chi connectivity index (χ3n) is 12.9. The Kier molecular flexibility index (Phi) is 7.69. The maximum atomic E-state index is 5.54. The molecule has 0 spiro atoms. The monoisotopic (exact) mass is 850 g/mol. The van der Waals surface area contributed by atoms with Crippen molar-refractivity contribution in [3.63, 3.8) is 0 Å². The second kappa shape index (κ2) is 13.8. The van der Waals surface area contributed by atoms with E-state index in [-0.39, 0.29) is 0 Å². The number of thiophene rings is 2. The van der Waals surface area contributed by atoms with Crippen LogP contribution in [0, 0.1) is 0 Å². The van der Waals surface area contributed by atoms with Gasteiger partial charge in [-0.3, -0.25) is 0 Å². The minimum Gasteiger partial charge on any atom is -0.309 e. The van der Waals surface area contributed by atoms with Gasteiger partial charge in [0.15, 0.2) is 5.82 Å². The molecule has 6 heteroatoms. The maximum absolute atomic E-state index is 5.54. The zero-order chi connectivity index (χ0) is 41.9. The van der Waals surface area contributed by atoms with Crippen LogP contribution in [0.4, 0.5) is 0 Å². The van der Waals surface area contributed by atoms with Crippen LogP contribution in [0.5, 0.6) is 0 Å². The standard InChI is InChI=1S/C58H34N4S2/c1-7-19-50-40(13-1)41-14-2-8-20-51(41)61(50)38-29-37(30-39(33-38)62-52-21-9-3-15-42(52)43-16-4-10-22-53(43)62)58-59-48(35-25-27-56-46(31-35)44-17-5-11-23-54(44)63-56)34-49(60-58)36-26-28-57-47(32-36)45-18-6-12-24-55(45)64-57/h1-34H. The van der Waals surface area contributed by atoms with E-state index in [0.717, 1.165) is 61.5 Å². The van der Waals surface area contributed by atoms with Crippen molar-refractivity contribution in [1.29, 1.82) is 0 Å². The number of nitrogens with zero attached hydrogens (tertiary/aromatic N) is 4. The molecule has 0 fully saturated rings. The summed E-state index contributed by atoms with van der Waals surface area (Å²) in [5, 5.41) is 9.89. The molecule has 0 aliphatic carbocycles. The molecular formula is C58H34N4S2. The summed E-state index contributed by atoms with van der Waals surface area (Å²) in [6, 6.07) is 74.9. The highest BCUT2D eigenvalue weighted by molar-refractivity contribution is 7.26. The number of hydrogen-bond donors (Lipinski definition) is 0. The van der Waals surface area contributed by atoms with Gasteiger partial charge in [-0.15, -0.1) is 22.7 Å². The van der Waals surface area contributed by atoms with E-state index in [9.17, 15) is 0 Å². The lowest BCUT2D eigenvalue weighted by atomic mass is 10.0.